The van der Waals surface area contributed by atoms with Gasteiger partial charge in [0.15, 0.2) is 0 Å². The molecule has 0 radical (unpaired) electrons. The minimum absolute atomic E-state index is 0.104. The van der Waals surface area contributed by atoms with Crippen LogP contribution in [-0.2, 0) is 0 Å². The minimum Gasteiger partial charge on any atom is -0.396 e. The van der Waals surface area contributed by atoms with Crippen molar-refractivity contribution >= 4 is 0 Å². The molecule has 0 heterocycles. The summed E-state index contributed by atoms with van der Waals surface area (Å²) in [5.41, 5.74) is -0.664. The van der Waals surface area contributed by atoms with Crippen LogP contribution >= 0.6 is 0 Å². The van der Waals surface area contributed by atoms with Crippen LogP contribution in [-0.4, -0.2) is 35.0 Å². The van der Waals surface area contributed by atoms with Crippen molar-refractivity contribution in [3.8, 4) is 0 Å². The molecule has 3 heteroatoms. The zero-order valence-corrected chi connectivity index (χ0v) is 9.88. The number of nitrogens with one attached hydrogen (secondary N) is 1. The molecule has 0 aliphatic heterocycles. The van der Waals surface area contributed by atoms with Crippen molar-refractivity contribution in [3.05, 3.63) is 0 Å². The summed E-state index contributed by atoms with van der Waals surface area (Å²) < 4.78 is 0. The highest BCUT2D eigenvalue weighted by molar-refractivity contribution is 4.79. The van der Waals surface area contributed by atoms with Crippen LogP contribution in [0.15, 0.2) is 0 Å². The lowest BCUT2D eigenvalue weighted by Crippen LogP contribution is -2.44. The Morgan fingerprint density at radius 3 is 2.29 bits per heavy atom. The predicted octanol–water partition coefficient (Wildman–Crippen LogP) is 1.14. The highest BCUT2D eigenvalue weighted by Gasteiger charge is 2.20. The van der Waals surface area contributed by atoms with Crippen LogP contribution in [0.2, 0.25) is 0 Å². The monoisotopic (exact) mass is 203 g/mol. The van der Waals surface area contributed by atoms with Crippen molar-refractivity contribution in [1.29, 1.82) is 0 Å². The van der Waals surface area contributed by atoms with E-state index >= 15 is 0 Å². The maximum absolute atomic E-state index is 9.64. The van der Waals surface area contributed by atoms with Crippen LogP contribution in [0.1, 0.15) is 40.5 Å². The Labute approximate surface area is 87.5 Å². The van der Waals surface area contributed by atoms with E-state index in [4.69, 9.17) is 5.11 Å². The first-order valence-electron chi connectivity index (χ1n) is 5.44. The van der Waals surface area contributed by atoms with Crippen LogP contribution in [0.5, 0.6) is 0 Å². The molecule has 0 aromatic heterocycles. The van der Waals surface area contributed by atoms with E-state index in [1.807, 2.05) is 13.8 Å². The molecule has 0 rings (SSSR count). The third-order valence-electron chi connectivity index (χ3n) is 2.70. The molecule has 0 saturated heterocycles. The predicted molar refractivity (Wildman–Crippen MR) is 59.2 cm³/mol. The van der Waals surface area contributed by atoms with Crippen molar-refractivity contribution in [1.82, 2.24) is 5.32 Å². The summed E-state index contributed by atoms with van der Waals surface area (Å²) in [4.78, 5) is 0. The summed E-state index contributed by atoms with van der Waals surface area (Å²) >= 11 is 0. The number of rotatable bonds is 7. The van der Waals surface area contributed by atoms with Gasteiger partial charge in [0.25, 0.3) is 0 Å². The molecule has 3 nitrogen and oxygen atoms in total. The highest BCUT2D eigenvalue weighted by Crippen LogP contribution is 2.08. The Morgan fingerprint density at radius 1 is 1.29 bits per heavy atom. The van der Waals surface area contributed by atoms with Gasteiger partial charge in [0.2, 0.25) is 0 Å². The second-order valence-electron chi connectivity index (χ2n) is 4.76. The van der Waals surface area contributed by atoms with Gasteiger partial charge in [-0.05, 0) is 46.1 Å². The molecule has 0 aromatic carbocycles. The fourth-order valence-corrected chi connectivity index (χ4v) is 1.11. The molecule has 0 fully saturated rings. The summed E-state index contributed by atoms with van der Waals surface area (Å²) in [7, 11) is 0. The SMILES string of the molecule is CC(CO)CCCNC(C)C(C)(C)O. The number of aliphatic hydroxyl groups excluding tert-OH is 1. The van der Waals surface area contributed by atoms with E-state index in [-0.39, 0.29) is 12.6 Å². The summed E-state index contributed by atoms with van der Waals surface area (Å²) in [6.45, 7) is 8.80. The molecule has 0 amide bonds. The molecule has 86 valence electrons. The maximum Gasteiger partial charge on any atom is 0.0741 e. The van der Waals surface area contributed by atoms with E-state index in [1.54, 1.807) is 13.8 Å². The first-order valence-corrected chi connectivity index (χ1v) is 5.44. The summed E-state index contributed by atoms with van der Waals surface area (Å²) in [6, 6.07) is 0.104. The molecular formula is C11H25NO2. The van der Waals surface area contributed by atoms with Gasteiger partial charge in [-0.2, -0.15) is 0 Å². The Balaban J connectivity index is 3.46. The minimum atomic E-state index is -0.664. The lowest BCUT2D eigenvalue weighted by Gasteiger charge is -2.27. The molecule has 0 aliphatic carbocycles. The van der Waals surface area contributed by atoms with Crippen LogP contribution in [0.4, 0.5) is 0 Å². The standard InChI is InChI=1S/C11H25NO2/c1-9(8-13)6-5-7-12-10(2)11(3,4)14/h9-10,12-14H,5-8H2,1-4H3. The molecule has 0 saturated carbocycles. The molecule has 3 N–H and O–H groups in total. The van der Waals surface area contributed by atoms with E-state index in [1.165, 1.54) is 0 Å². The van der Waals surface area contributed by atoms with Gasteiger partial charge >= 0.3 is 0 Å². The largest absolute Gasteiger partial charge is 0.396 e. The van der Waals surface area contributed by atoms with Gasteiger partial charge in [-0.25, -0.2) is 0 Å². The number of hydrogen-bond donors (Lipinski definition) is 3. The summed E-state index contributed by atoms with van der Waals surface area (Å²) in [5, 5.41) is 21.7. The number of aliphatic hydroxyl groups is 2. The van der Waals surface area contributed by atoms with Crippen LogP contribution < -0.4 is 5.32 Å². The molecule has 2 atom stereocenters. The third-order valence-corrected chi connectivity index (χ3v) is 2.70. The molecule has 0 bridgehead atoms. The Kier molecular flexibility index (Phi) is 6.33. The average molecular weight is 203 g/mol. The smallest absolute Gasteiger partial charge is 0.0741 e. The van der Waals surface area contributed by atoms with Crippen molar-refractivity contribution in [2.24, 2.45) is 5.92 Å². The van der Waals surface area contributed by atoms with E-state index in [9.17, 15) is 5.11 Å². The van der Waals surface area contributed by atoms with Gasteiger partial charge in [-0.15, -0.1) is 0 Å². The van der Waals surface area contributed by atoms with Gasteiger partial charge in [0, 0.05) is 12.6 Å². The molecule has 14 heavy (non-hydrogen) atoms. The second-order valence-corrected chi connectivity index (χ2v) is 4.76. The van der Waals surface area contributed by atoms with Gasteiger partial charge in [0.1, 0.15) is 0 Å². The topological polar surface area (TPSA) is 52.5 Å². The zero-order chi connectivity index (χ0) is 11.2. The maximum atomic E-state index is 9.64. The molecular weight excluding hydrogens is 178 g/mol. The fourth-order valence-electron chi connectivity index (χ4n) is 1.11. The van der Waals surface area contributed by atoms with E-state index in [2.05, 4.69) is 5.32 Å². The van der Waals surface area contributed by atoms with Gasteiger partial charge in [-0.1, -0.05) is 6.92 Å². The van der Waals surface area contributed by atoms with E-state index in [0.29, 0.717) is 5.92 Å². The van der Waals surface area contributed by atoms with Gasteiger partial charge < -0.3 is 15.5 Å². The van der Waals surface area contributed by atoms with Gasteiger partial charge in [0.05, 0.1) is 5.60 Å². The zero-order valence-electron chi connectivity index (χ0n) is 9.88. The Morgan fingerprint density at radius 2 is 1.86 bits per heavy atom. The van der Waals surface area contributed by atoms with Crippen LogP contribution in [0.3, 0.4) is 0 Å². The lowest BCUT2D eigenvalue weighted by atomic mass is 10.0. The van der Waals surface area contributed by atoms with E-state index < -0.39 is 5.60 Å². The average Bonchev–Trinajstić information content (AvgIpc) is 2.09. The van der Waals surface area contributed by atoms with Crippen LogP contribution in [0, 0.1) is 5.92 Å². The Bertz CT molecular complexity index is 143. The second kappa shape index (κ2) is 6.38. The molecule has 2 unspecified atom stereocenters. The quantitative estimate of drug-likeness (QED) is 0.544. The Hall–Kier alpha value is -0.120. The normalized spacial score (nSPS) is 16.7. The van der Waals surface area contributed by atoms with Crippen molar-refractivity contribution in [2.75, 3.05) is 13.2 Å². The fraction of sp³-hybridized carbons (Fsp3) is 1.00. The summed E-state index contributed by atoms with van der Waals surface area (Å²) in [6.07, 6.45) is 2.07. The summed E-state index contributed by atoms with van der Waals surface area (Å²) in [5.74, 6) is 0.384. The van der Waals surface area contributed by atoms with E-state index in [0.717, 1.165) is 19.4 Å². The van der Waals surface area contributed by atoms with Crippen LogP contribution in [0.25, 0.3) is 0 Å². The van der Waals surface area contributed by atoms with Crippen molar-refractivity contribution in [3.63, 3.8) is 0 Å². The molecule has 0 spiro atoms. The number of hydrogen-bond acceptors (Lipinski definition) is 3. The molecule has 0 aromatic rings. The highest BCUT2D eigenvalue weighted by atomic mass is 16.3. The van der Waals surface area contributed by atoms with Crippen molar-refractivity contribution < 1.29 is 10.2 Å². The molecule has 0 aliphatic rings. The third kappa shape index (κ3) is 6.35. The lowest BCUT2D eigenvalue weighted by molar-refractivity contribution is 0.0441. The van der Waals surface area contributed by atoms with Crippen molar-refractivity contribution in [2.45, 2.75) is 52.2 Å². The van der Waals surface area contributed by atoms with Gasteiger partial charge in [-0.3, -0.25) is 0 Å². The first-order chi connectivity index (χ1) is 6.38. The first kappa shape index (κ1) is 13.9.